The van der Waals surface area contributed by atoms with Crippen molar-refractivity contribution in [1.82, 2.24) is 4.98 Å². The van der Waals surface area contributed by atoms with Crippen molar-refractivity contribution in [3.05, 3.63) is 28.4 Å². The first-order valence-corrected chi connectivity index (χ1v) is 5.40. The highest BCUT2D eigenvalue weighted by molar-refractivity contribution is 5.26. The Morgan fingerprint density at radius 1 is 1.56 bits per heavy atom. The van der Waals surface area contributed by atoms with Crippen LogP contribution in [0.15, 0.2) is 18.3 Å². The Morgan fingerprint density at radius 2 is 2.31 bits per heavy atom. The fourth-order valence-corrected chi connectivity index (χ4v) is 1.33. The molecule has 1 aromatic rings. The third-order valence-corrected chi connectivity index (χ3v) is 2.21. The van der Waals surface area contributed by atoms with Gasteiger partial charge in [-0.15, -0.1) is 0 Å². The molecule has 0 saturated carbocycles. The number of aromatic nitrogens is 1. The zero-order valence-electron chi connectivity index (χ0n) is 9.55. The maximum absolute atomic E-state index is 10.4. The van der Waals surface area contributed by atoms with E-state index in [2.05, 4.69) is 11.9 Å². The molecule has 0 saturated heterocycles. The van der Waals surface area contributed by atoms with Gasteiger partial charge in [0.05, 0.1) is 6.10 Å². The number of rotatable bonds is 6. The van der Waals surface area contributed by atoms with Gasteiger partial charge in [0, 0.05) is 6.07 Å². The first-order valence-electron chi connectivity index (χ1n) is 5.40. The van der Waals surface area contributed by atoms with E-state index in [1.54, 1.807) is 6.07 Å². The second kappa shape index (κ2) is 6.05. The molecule has 0 radical (unpaired) electrons. The van der Waals surface area contributed by atoms with E-state index in [1.165, 1.54) is 12.3 Å². The first-order chi connectivity index (χ1) is 7.63. The zero-order valence-corrected chi connectivity index (χ0v) is 9.55. The Labute approximate surface area is 94.6 Å². The summed E-state index contributed by atoms with van der Waals surface area (Å²) in [5.74, 6) is 0.419. The molecule has 1 unspecified atom stereocenters. The van der Waals surface area contributed by atoms with Crippen molar-refractivity contribution < 1.29 is 9.66 Å². The molecular weight excluding hydrogens is 208 g/mol. The molecule has 0 fully saturated rings. The molecule has 0 bridgehead atoms. The van der Waals surface area contributed by atoms with Crippen LogP contribution >= 0.6 is 0 Å². The minimum absolute atomic E-state index is 0.114. The fraction of sp³-hybridized carbons (Fsp3) is 0.545. The number of nitrogens with zero attached hydrogens (tertiary/aromatic N) is 2. The maximum Gasteiger partial charge on any atom is 0.363 e. The van der Waals surface area contributed by atoms with Crippen LogP contribution in [-0.4, -0.2) is 16.0 Å². The molecule has 1 heterocycles. The van der Waals surface area contributed by atoms with Gasteiger partial charge in [-0.3, -0.25) is 0 Å². The highest BCUT2D eigenvalue weighted by Gasteiger charge is 2.09. The summed E-state index contributed by atoms with van der Waals surface area (Å²) in [6.07, 6.45) is 4.73. The van der Waals surface area contributed by atoms with E-state index in [0.717, 1.165) is 19.3 Å². The Bertz CT molecular complexity index is 338. The molecule has 88 valence electrons. The fourth-order valence-electron chi connectivity index (χ4n) is 1.33. The Balaban J connectivity index is 2.51. The van der Waals surface area contributed by atoms with Gasteiger partial charge in [0.2, 0.25) is 0 Å². The van der Waals surface area contributed by atoms with Crippen LogP contribution in [0.4, 0.5) is 5.82 Å². The van der Waals surface area contributed by atoms with Crippen molar-refractivity contribution in [3.63, 3.8) is 0 Å². The lowest BCUT2D eigenvalue weighted by Gasteiger charge is -2.12. The predicted octanol–water partition coefficient (Wildman–Crippen LogP) is 2.95. The molecule has 1 aromatic heterocycles. The lowest BCUT2D eigenvalue weighted by molar-refractivity contribution is -0.389. The SMILES string of the molecule is CCCCC(C)Oc1ccc([N+](=O)[O-])nc1. The van der Waals surface area contributed by atoms with Crippen LogP contribution < -0.4 is 4.74 Å². The maximum atomic E-state index is 10.4. The average Bonchev–Trinajstić information content (AvgIpc) is 2.27. The van der Waals surface area contributed by atoms with Crippen LogP contribution in [0.1, 0.15) is 33.1 Å². The third kappa shape index (κ3) is 3.84. The van der Waals surface area contributed by atoms with E-state index in [4.69, 9.17) is 4.74 Å². The summed E-state index contributed by atoms with van der Waals surface area (Å²) in [6.45, 7) is 4.11. The Morgan fingerprint density at radius 3 is 2.81 bits per heavy atom. The molecule has 0 aliphatic heterocycles. The van der Waals surface area contributed by atoms with Gasteiger partial charge in [0.25, 0.3) is 0 Å². The summed E-state index contributed by atoms with van der Waals surface area (Å²) >= 11 is 0. The number of hydrogen-bond donors (Lipinski definition) is 0. The van der Waals surface area contributed by atoms with Crippen LogP contribution in [-0.2, 0) is 0 Å². The molecule has 1 rings (SSSR count). The van der Waals surface area contributed by atoms with Crippen LogP contribution in [0, 0.1) is 10.1 Å². The number of nitro groups is 1. The standard InChI is InChI=1S/C11H16N2O3/c1-3-4-5-9(2)16-10-6-7-11(12-8-10)13(14)15/h6-9H,3-5H2,1-2H3. The van der Waals surface area contributed by atoms with Crippen molar-refractivity contribution in [1.29, 1.82) is 0 Å². The van der Waals surface area contributed by atoms with Gasteiger partial charge in [-0.25, -0.2) is 0 Å². The molecular formula is C11H16N2O3. The van der Waals surface area contributed by atoms with Gasteiger partial charge >= 0.3 is 5.82 Å². The van der Waals surface area contributed by atoms with Crippen LogP contribution in [0.5, 0.6) is 5.75 Å². The first kappa shape index (κ1) is 12.4. The van der Waals surface area contributed by atoms with E-state index in [-0.39, 0.29) is 11.9 Å². The van der Waals surface area contributed by atoms with Crippen molar-refractivity contribution >= 4 is 5.82 Å². The highest BCUT2D eigenvalue weighted by Crippen LogP contribution is 2.16. The minimum atomic E-state index is -0.524. The molecule has 16 heavy (non-hydrogen) atoms. The van der Waals surface area contributed by atoms with Gasteiger partial charge in [-0.2, -0.15) is 0 Å². The zero-order chi connectivity index (χ0) is 12.0. The second-order valence-electron chi connectivity index (χ2n) is 3.68. The Kier molecular flexibility index (Phi) is 4.69. The number of hydrogen-bond acceptors (Lipinski definition) is 4. The van der Waals surface area contributed by atoms with Gasteiger partial charge in [-0.1, -0.05) is 19.8 Å². The molecule has 0 aliphatic carbocycles. The van der Waals surface area contributed by atoms with E-state index in [9.17, 15) is 10.1 Å². The quantitative estimate of drug-likeness (QED) is 0.550. The largest absolute Gasteiger partial charge is 0.487 e. The van der Waals surface area contributed by atoms with Gasteiger partial charge < -0.3 is 14.9 Å². The summed E-state index contributed by atoms with van der Waals surface area (Å²) in [5.41, 5.74) is 0. The lowest BCUT2D eigenvalue weighted by Crippen LogP contribution is -2.11. The van der Waals surface area contributed by atoms with Crippen LogP contribution in [0.2, 0.25) is 0 Å². The molecule has 1 atom stereocenters. The monoisotopic (exact) mass is 224 g/mol. The molecule has 0 N–H and O–H groups in total. The van der Waals surface area contributed by atoms with E-state index in [0.29, 0.717) is 5.75 Å². The molecule has 0 amide bonds. The minimum Gasteiger partial charge on any atom is -0.487 e. The lowest BCUT2D eigenvalue weighted by atomic mass is 10.2. The molecule has 5 nitrogen and oxygen atoms in total. The van der Waals surface area contributed by atoms with Crippen LogP contribution in [0.3, 0.4) is 0 Å². The summed E-state index contributed by atoms with van der Waals surface area (Å²) in [4.78, 5) is 13.5. The predicted molar refractivity (Wildman–Crippen MR) is 60.5 cm³/mol. The van der Waals surface area contributed by atoms with Gasteiger partial charge in [0.1, 0.15) is 0 Å². The molecule has 5 heteroatoms. The molecule has 0 spiro atoms. The van der Waals surface area contributed by atoms with Crippen molar-refractivity contribution in [2.75, 3.05) is 0 Å². The average molecular weight is 224 g/mol. The molecule has 0 aliphatic rings. The van der Waals surface area contributed by atoms with E-state index in [1.807, 2.05) is 6.92 Å². The normalized spacial score (nSPS) is 12.1. The van der Waals surface area contributed by atoms with Gasteiger partial charge in [0.15, 0.2) is 11.9 Å². The highest BCUT2D eigenvalue weighted by atomic mass is 16.6. The van der Waals surface area contributed by atoms with Gasteiger partial charge in [-0.05, 0) is 29.3 Å². The number of unbranched alkanes of at least 4 members (excludes halogenated alkanes) is 1. The number of ether oxygens (including phenoxy) is 1. The summed E-state index contributed by atoms with van der Waals surface area (Å²) in [5, 5.41) is 10.4. The summed E-state index contributed by atoms with van der Waals surface area (Å²) in [7, 11) is 0. The molecule has 0 aromatic carbocycles. The summed E-state index contributed by atoms with van der Waals surface area (Å²) in [6, 6.07) is 2.93. The Hall–Kier alpha value is -1.65. The van der Waals surface area contributed by atoms with Crippen LogP contribution in [0.25, 0.3) is 0 Å². The number of pyridine rings is 1. The van der Waals surface area contributed by atoms with E-state index < -0.39 is 4.92 Å². The van der Waals surface area contributed by atoms with Crippen molar-refractivity contribution in [3.8, 4) is 5.75 Å². The topological polar surface area (TPSA) is 65.3 Å². The van der Waals surface area contributed by atoms with Crippen molar-refractivity contribution in [2.45, 2.75) is 39.2 Å². The second-order valence-corrected chi connectivity index (χ2v) is 3.68. The summed E-state index contributed by atoms with van der Waals surface area (Å²) < 4.78 is 5.57. The smallest absolute Gasteiger partial charge is 0.363 e. The van der Waals surface area contributed by atoms with E-state index >= 15 is 0 Å². The van der Waals surface area contributed by atoms with Crippen molar-refractivity contribution in [2.24, 2.45) is 0 Å². The third-order valence-electron chi connectivity index (χ3n) is 2.21.